The molecule has 1 aromatic carbocycles. The number of aromatic nitrogens is 4. The van der Waals surface area contributed by atoms with Crippen LogP contribution >= 0.6 is 0 Å². The molecule has 2 heterocycles. The smallest absolute Gasteiger partial charge is 0.225 e. The minimum Gasteiger partial charge on any atom is -0.364 e. The monoisotopic (exact) mass is 282 g/mol. The molecule has 0 aliphatic carbocycles. The summed E-state index contributed by atoms with van der Waals surface area (Å²) < 4.78 is 20.2. The summed E-state index contributed by atoms with van der Waals surface area (Å²) in [5.41, 5.74) is 1.05. The number of hydrogen-bond donors (Lipinski definition) is 0. The summed E-state index contributed by atoms with van der Waals surface area (Å²) in [7, 11) is 0. The molecule has 3 rings (SSSR count). The van der Waals surface area contributed by atoms with Gasteiger partial charge in [-0.15, -0.1) is 5.10 Å². The van der Waals surface area contributed by atoms with E-state index in [-0.39, 0.29) is 12.4 Å². The van der Waals surface area contributed by atoms with Crippen LogP contribution in [-0.4, -0.2) is 19.9 Å². The second-order valence-electron chi connectivity index (χ2n) is 4.27. The number of nitrogens with zero attached hydrogens (tertiary/aromatic N) is 4. The molecule has 0 bridgehead atoms. The minimum absolute atomic E-state index is 0.243. The van der Waals surface area contributed by atoms with Crippen molar-refractivity contribution in [2.24, 2.45) is 0 Å². The van der Waals surface area contributed by atoms with E-state index >= 15 is 0 Å². The van der Waals surface area contributed by atoms with E-state index in [1.807, 2.05) is 0 Å². The first-order valence-corrected chi connectivity index (χ1v) is 6.29. The molecule has 21 heavy (non-hydrogen) atoms. The van der Waals surface area contributed by atoms with Crippen molar-refractivity contribution in [3.8, 4) is 23.4 Å². The van der Waals surface area contributed by atoms with Crippen molar-refractivity contribution in [3.05, 3.63) is 53.8 Å². The van der Waals surface area contributed by atoms with Gasteiger partial charge in [-0.2, -0.15) is 4.98 Å². The van der Waals surface area contributed by atoms with Gasteiger partial charge in [-0.05, 0) is 18.9 Å². The zero-order valence-electron chi connectivity index (χ0n) is 11.2. The van der Waals surface area contributed by atoms with Gasteiger partial charge in [-0.1, -0.05) is 29.3 Å². The van der Waals surface area contributed by atoms with E-state index < -0.39 is 0 Å². The van der Waals surface area contributed by atoms with Crippen LogP contribution in [0.2, 0.25) is 0 Å². The van der Waals surface area contributed by atoms with Gasteiger partial charge in [0, 0.05) is 11.6 Å². The highest BCUT2D eigenvalue weighted by molar-refractivity contribution is 5.49. The lowest BCUT2D eigenvalue weighted by atomic mass is 10.2. The average molecular weight is 282 g/mol. The van der Waals surface area contributed by atoms with Crippen molar-refractivity contribution in [2.45, 2.75) is 13.5 Å². The van der Waals surface area contributed by atoms with Gasteiger partial charge >= 0.3 is 0 Å². The van der Waals surface area contributed by atoms with Crippen LogP contribution in [0.3, 0.4) is 0 Å². The van der Waals surface area contributed by atoms with Gasteiger partial charge in [0.25, 0.3) is 0 Å². The lowest BCUT2D eigenvalue weighted by Gasteiger charge is -2.05. The predicted molar refractivity (Wildman–Crippen MR) is 73.6 cm³/mol. The van der Waals surface area contributed by atoms with Crippen LogP contribution < -0.4 is 0 Å². The quantitative estimate of drug-likeness (QED) is 0.693. The molecule has 0 aliphatic heterocycles. The largest absolute Gasteiger partial charge is 0.364 e. The third kappa shape index (κ3) is 2.67. The topological polar surface area (TPSA) is 56.7 Å². The van der Waals surface area contributed by atoms with Gasteiger partial charge in [-0.25, -0.2) is 9.07 Å². The summed E-state index contributed by atoms with van der Waals surface area (Å²) >= 11 is 0. The van der Waals surface area contributed by atoms with Crippen molar-refractivity contribution in [1.82, 2.24) is 19.9 Å². The molecule has 0 unspecified atom stereocenters. The van der Waals surface area contributed by atoms with Gasteiger partial charge in [0.2, 0.25) is 5.82 Å². The SMILES string of the molecule is CC#Cc1nc(-c2ccon2)n(Cc2ccccc2F)n1. The molecule has 0 saturated carbocycles. The highest BCUT2D eigenvalue weighted by Gasteiger charge is 2.15. The Morgan fingerprint density at radius 3 is 2.86 bits per heavy atom. The van der Waals surface area contributed by atoms with E-state index in [1.165, 1.54) is 12.3 Å². The Kier molecular flexibility index (Phi) is 3.48. The van der Waals surface area contributed by atoms with Crippen molar-refractivity contribution in [3.63, 3.8) is 0 Å². The second kappa shape index (κ2) is 5.59. The van der Waals surface area contributed by atoms with Crippen molar-refractivity contribution >= 4 is 0 Å². The highest BCUT2D eigenvalue weighted by Crippen LogP contribution is 2.17. The van der Waals surface area contributed by atoms with Gasteiger partial charge in [0.15, 0.2) is 11.5 Å². The van der Waals surface area contributed by atoms with Crippen LogP contribution in [0.25, 0.3) is 11.5 Å². The first-order valence-electron chi connectivity index (χ1n) is 6.29. The molecule has 0 atom stereocenters. The molecule has 0 spiro atoms. The van der Waals surface area contributed by atoms with Crippen molar-refractivity contribution < 1.29 is 8.91 Å². The van der Waals surface area contributed by atoms with Crippen LogP contribution in [0.15, 0.2) is 41.1 Å². The number of benzene rings is 1. The van der Waals surface area contributed by atoms with Gasteiger partial charge in [0.1, 0.15) is 12.1 Å². The maximum absolute atomic E-state index is 13.8. The molecule has 0 amide bonds. The Morgan fingerprint density at radius 2 is 2.14 bits per heavy atom. The fraction of sp³-hybridized carbons (Fsp3) is 0.133. The third-order valence-electron chi connectivity index (χ3n) is 2.85. The van der Waals surface area contributed by atoms with Crippen molar-refractivity contribution in [2.75, 3.05) is 0 Å². The summed E-state index contributed by atoms with van der Waals surface area (Å²) in [6.07, 6.45) is 1.45. The zero-order chi connectivity index (χ0) is 14.7. The van der Waals surface area contributed by atoms with E-state index in [4.69, 9.17) is 4.52 Å². The molecule has 5 nitrogen and oxygen atoms in total. The molecule has 0 N–H and O–H groups in total. The fourth-order valence-electron chi connectivity index (χ4n) is 1.92. The molecule has 104 valence electrons. The molecule has 6 heteroatoms. The molecule has 3 aromatic rings. The fourth-order valence-corrected chi connectivity index (χ4v) is 1.92. The summed E-state index contributed by atoms with van der Waals surface area (Å²) in [5, 5.41) is 8.12. The van der Waals surface area contributed by atoms with E-state index in [0.717, 1.165) is 0 Å². The van der Waals surface area contributed by atoms with Crippen LogP contribution in [0, 0.1) is 17.7 Å². The zero-order valence-corrected chi connectivity index (χ0v) is 11.2. The summed E-state index contributed by atoms with van der Waals surface area (Å²) in [6.45, 7) is 1.95. The standard InChI is InChI=1S/C15H11FN4O/c1-2-5-14-17-15(13-8-9-21-19-13)20(18-14)10-11-6-3-4-7-12(11)16/h3-4,6-9H,10H2,1H3. The van der Waals surface area contributed by atoms with Crippen molar-refractivity contribution in [1.29, 1.82) is 0 Å². The average Bonchev–Trinajstić information content (AvgIpc) is 3.11. The molecule has 0 aliphatic rings. The molecule has 0 fully saturated rings. The Balaban J connectivity index is 2.04. The molecular weight excluding hydrogens is 271 g/mol. The maximum atomic E-state index is 13.8. The predicted octanol–water partition coefficient (Wildman–Crippen LogP) is 2.49. The Morgan fingerprint density at radius 1 is 1.29 bits per heavy atom. The Hall–Kier alpha value is -2.94. The van der Waals surface area contributed by atoms with Gasteiger partial charge in [-0.3, -0.25) is 0 Å². The van der Waals surface area contributed by atoms with E-state index in [1.54, 1.807) is 35.9 Å². The van der Waals surface area contributed by atoms with E-state index in [9.17, 15) is 4.39 Å². The summed E-state index contributed by atoms with van der Waals surface area (Å²) in [4.78, 5) is 4.30. The number of halogens is 1. The van der Waals surface area contributed by atoms with Gasteiger partial charge < -0.3 is 4.52 Å². The molecular formula is C15H11FN4O. The third-order valence-corrected chi connectivity index (χ3v) is 2.85. The first-order chi connectivity index (χ1) is 10.3. The highest BCUT2D eigenvalue weighted by atomic mass is 19.1. The second-order valence-corrected chi connectivity index (χ2v) is 4.27. The Bertz CT molecular complexity index is 812. The molecule has 0 saturated heterocycles. The number of rotatable bonds is 3. The lowest BCUT2D eigenvalue weighted by Crippen LogP contribution is -2.06. The van der Waals surface area contributed by atoms with Crippen LogP contribution in [-0.2, 0) is 6.54 Å². The van der Waals surface area contributed by atoms with Crippen LogP contribution in [0.1, 0.15) is 18.3 Å². The number of hydrogen-bond acceptors (Lipinski definition) is 4. The van der Waals surface area contributed by atoms with E-state index in [0.29, 0.717) is 22.9 Å². The van der Waals surface area contributed by atoms with Crippen LogP contribution in [0.4, 0.5) is 4.39 Å². The first kappa shape index (κ1) is 13.1. The molecule has 0 radical (unpaired) electrons. The molecule has 2 aromatic heterocycles. The van der Waals surface area contributed by atoms with E-state index in [2.05, 4.69) is 27.1 Å². The maximum Gasteiger partial charge on any atom is 0.225 e. The Labute approximate surface area is 120 Å². The minimum atomic E-state index is -0.290. The van der Waals surface area contributed by atoms with Gasteiger partial charge in [0.05, 0.1) is 6.54 Å². The lowest BCUT2D eigenvalue weighted by molar-refractivity contribution is 0.421. The normalized spacial score (nSPS) is 10.2. The summed E-state index contributed by atoms with van der Waals surface area (Å²) in [5.74, 6) is 6.09. The summed E-state index contributed by atoms with van der Waals surface area (Å²) in [6, 6.07) is 8.21. The van der Waals surface area contributed by atoms with Crippen LogP contribution in [0.5, 0.6) is 0 Å².